The highest BCUT2D eigenvalue weighted by atomic mass is 16.4. The lowest BCUT2D eigenvalue weighted by atomic mass is 10.0. The molecule has 0 aliphatic carbocycles. The molecule has 1 aromatic carbocycles. The molecule has 1 aromatic rings. The van der Waals surface area contributed by atoms with Crippen LogP contribution in [0, 0.1) is 0 Å². The van der Waals surface area contributed by atoms with E-state index in [0.717, 1.165) is 37.1 Å². The smallest absolute Gasteiger partial charge is 0.335 e. The van der Waals surface area contributed by atoms with Gasteiger partial charge in [0, 0.05) is 24.3 Å². The average molecular weight is 288 g/mol. The summed E-state index contributed by atoms with van der Waals surface area (Å²) >= 11 is 0. The second kappa shape index (κ2) is 4.76. The van der Waals surface area contributed by atoms with Gasteiger partial charge in [0.25, 0.3) is 0 Å². The maximum atomic E-state index is 12.8. The molecule has 2 aliphatic heterocycles. The van der Waals surface area contributed by atoms with Crippen molar-refractivity contribution < 1.29 is 14.7 Å². The van der Waals surface area contributed by atoms with Crippen molar-refractivity contribution >= 4 is 17.7 Å². The lowest BCUT2D eigenvalue weighted by Gasteiger charge is -2.35. The van der Waals surface area contributed by atoms with Gasteiger partial charge in [-0.1, -0.05) is 6.07 Å². The number of amides is 2. The Morgan fingerprint density at radius 2 is 2.00 bits per heavy atom. The highest BCUT2D eigenvalue weighted by Gasteiger charge is 2.39. The van der Waals surface area contributed by atoms with Gasteiger partial charge in [0.15, 0.2) is 0 Å². The number of hydrogen-bond donors (Lipinski definition) is 1. The minimum absolute atomic E-state index is 0.00112. The molecule has 112 valence electrons. The van der Waals surface area contributed by atoms with E-state index in [1.54, 1.807) is 17.0 Å². The third-order valence-corrected chi connectivity index (χ3v) is 4.59. The lowest BCUT2D eigenvalue weighted by molar-refractivity contribution is 0.0697. The number of urea groups is 1. The molecule has 0 atom stereocenters. The molecule has 5 nitrogen and oxygen atoms in total. The second-order valence-corrected chi connectivity index (χ2v) is 6.40. The van der Waals surface area contributed by atoms with Crippen molar-refractivity contribution in [2.24, 2.45) is 0 Å². The van der Waals surface area contributed by atoms with E-state index in [-0.39, 0.29) is 17.1 Å². The zero-order valence-electron chi connectivity index (χ0n) is 12.4. The van der Waals surface area contributed by atoms with Gasteiger partial charge >= 0.3 is 12.0 Å². The molecule has 5 heteroatoms. The van der Waals surface area contributed by atoms with Gasteiger partial charge in [-0.05, 0) is 50.8 Å². The summed E-state index contributed by atoms with van der Waals surface area (Å²) in [5.74, 6) is -0.960. The largest absolute Gasteiger partial charge is 0.478 e. The topological polar surface area (TPSA) is 60.9 Å². The maximum Gasteiger partial charge on any atom is 0.335 e. The predicted octanol–water partition coefficient (Wildman–Crippen LogP) is 2.74. The van der Waals surface area contributed by atoms with Crippen LogP contribution in [0.15, 0.2) is 18.2 Å². The van der Waals surface area contributed by atoms with Gasteiger partial charge in [-0.25, -0.2) is 9.59 Å². The van der Waals surface area contributed by atoms with E-state index in [2.05, 4.69) is 13.8 Å². The number of fused-ring (bicyclic) bond motifs is 1. The van der Waals surface area contributed by atoms with Crippen molar-refractivity contribution in [3.63, 3.8) is 0 Å². The molecule has 0 spiro atoms. The molecule has 1 N–H and O–H groups in total. The highest BCUT2D eigenvalue weighted by Crippen LogP contribution is 2.34. The van der Waals surface area contributed by atoms with Gasteiger partial charge in [-0.15, -0.1) is 0 Å². The van der Waals surface area contributed by atoms with Crippen LogP contribution in [0.25, 0.3) is 0 Å². The molecule has 2 amide bonds. The quantitative estimate of drug-likeness (QED) is 0.864. The molecule has 1 fully saturated rings. The monoisotopic (exact) mass is 288 g/mol. The van der Waals surface area contributed by atoms with E-state index >= 15 is 0 Å². The molecule has 0 bridgehead atoms. The molecule has 0 aromatic heterocycles. The number of rotatable bonds is 1. The zero-order valence-corrected chi connectivity index (χ0v) is 12.4. The third kappa shape index (κ3) is 2.26. The first-order valence-corrected chi connectivity index (χ1v) is 7.35. The molecular weight excluding hydrogens is 268 g/mol. The second-order valence-electron chi connectivity index (χ2n) is 6.40. The summed E-state index contributed by atoms with van der Waals surface area (Å²) in [6.45, 7) is 5.57. The average Bonchev–Trinajstić information content (AvgIpc) is 3.00. The fourth-order valence-electron chi connectivity index (χ4n) is 3.32. The number of benzene rings is 1. The molecule has 2 aliphatic rings. The van der Waals surface area contributed by atoms with E-state index in [1.807, 2.05) is 11.0 Å². The van der Waals surface area contributed by atoms with Crippen molar-refractivity contribution in [3.05, 3.63) is 29.3 Å². The standard InChI is InChI=1S/C16H20N2O3/c1-16(2)7-3-8-18(16)15(21)17-9-6-11-4-5-12(14(19)20)10-13(11)17/h4-5,10H,3,6-9H2,1-2H3,(H,19,20). The maximum absolute atomic E-state index is 12.8. The molecule has 1 saturated heterocycles. The Balaban J connectivity index is 1.91. The van der Waals surface area contributed by atoms with Crippen LogP contribution < -0.4 is 4.90 Å². The van der Waals surface area contributed by atoms with E-state index in [4.69, 9.17) is 5.11 Å². The summed E-state index contributed by atoms with van der Waals surface area (Å²) in [5, 5.41) is 9.12. The van der Waals surface area contributed by atoms with Gasteiger partial charge in [0.1, 0.15) is 0 Å². The molecule has 21 heavy (non-hydrogen) atoms. The van der Waals surface area contributed by atoms with Crippen LogP contribution in [0.2, 0.25) is 0 Å². The third-order valence-electron chi connectivity index (χ3n) is 4.59. The van der Waals surface area contributed by atoms with Crippen LogP contribution >= 0.6 is 0 Å². The SMILES string of the molecule is CC1(C)CCCN1C(=O)N1CCc2ccc(C(=O)O)cc21. The zero-order chi connectivity index (χ0) is 15.2. The Kier molecular flexibility index (Phi) is 3.15. The van der Waals surface area contributed by atoms with Crippen molar-refractivity contribution in [2.75, 3.05) is 18.0 Å². The summed E-state index contributed by atoms with van der Waals surface area (Å²) in [4.78, 5) is 27.6. The summed E-state index contributed by atoms with van der Waals surface area (Å²) in [7, 11) is 0. The number of carbonyl (C=O) groups excluding carboxylic acids is 1. The van der Waals surface area contributed by atoms with E-state index in [0.29, 0.717) is 6.54 Å². The first kappa shape index (κ1) is 13.9. The van der Waals surface area contributed by atoms with Gasteiger partial charge in [-0.3, -0.25) is 4.90 Å². The van der Waals surface area contributed by atoms with E-state index in [1.165, 1.54) is 0 Å². The number of aromatic carboxylic acids is 1. The number of carboxylic acids is 1. The van der Waals surface area contributed by atoms with Crippen molar-refractivity contribution in [2.45, 2.75) is 38.6 Å². The lowest BCUT2D eigenvalue weighted by Crippen LogP contribution is -2.49. The molecule has 0 unspecified atom stereocenters. The Hall–Kier alpha value is -2.04. The number of nitrogens with zero attached hydrogens (tertiary/aromatic N) is 2. The first-order valence-electron chi connectivity index (χ1n) is 7.35. The summed E-state index contributed by atoms with van der Waals surface area (Å²) in [6, 6.07) is 5.04. The van der Waals surface area contributed by atoms with Crippen molar-refractivity contribution in [1.29, 1.82) is 0 Å². The van der Waals surface area contributed by atoms with E-state index < -0.39 is 5.97 Å². The summed E-state index contributed by atoms with van der Waals surface area (Å²) < 4.78 is 0. The Morgan fingerprint density at radius 3 is 2.62 bits per heavy atom. The van der Waals surface area contributed by atoms with Crippen molar-refractivity contribution in [3.8, 4) is 0 Å². The van der Waals surface area contributed by atoms with Crippen LogP contribution in [0.1, 0.15) is 42.6 Å². The number of carbonyl (C=O) groups is 2. The minimum atomic E-state index is -0.960. The van der Waals surface area contributed by atoms with Crippen LogP contribution in [-0.2, 0) is 6.42 Å². The fraction of sp³-hybridized carbons (Fsp3) is 0.500. The Morgan fingerprint density at radius 1 is 1.24 bits per heavy atom. The van der Waals surface area contributed by atoms with Gasteiger partial charge in [0.2, 0.25) is 0 Å². The summed E-state index contributed by atoms with van der Waals surface area (Å²) in [5.41, 5.74) is 1.91. The summed E-state index contributed by atoms with van der Waals surface area (Å²) in [6.07, 6.45) is 2.82. The Labute approximate surface area is 124 Å². The molecule has 2 heterocycles. The van der Waals surface area contributed by atoms with Crippen LogP contribution in [0.5, 0.6) is 0 Å². The van der Waals surface area contributed by atoms with E-state index in [9.17, 15) is 9.59 Å². The molecule has 0 radical (unpaired) electrons. The van der Waals surface area contributed by atoms with Gasteiger partial charge < -0.3 is 10.0 Å². The van der Waals surface area contributed by atoms with Crippen LogP contribution in [0.3, 0.4) is 0 Å². The number of likely N-dealkylation sites (tertiary alicyclic amines) is 1. The number of carboxylic acid groups (broad SMARTS) is 1. The highest BCUT2D eigenvalue weighted by molar-refractivity contribution is 5.97. The normalized spacial score (nSPS) is 19.7. The van der Waals surface area contributed by atoms with Gasteiger partial charge in [-0.2, -0.15) is 0 Å². The molecular formula is C16H20N2O3. The van der Waals surface area contributed by atoms with Gasteiger partial charge in [0.05, 0.1) is 5.56 Å². The van der Waals surface area contributed by atoms with Crippen molar-refractivity contribution in [1.82, 2.24) is 4.90 Å². The number of hydrogen-bond acceptors (Lipinski definition) is 2. The fourth-order valence-corrected chi connectivity index (χ4v) is 3.32. The van der Waals surface area contributed by atoms with Crippen LogP contribution in [0.4, 0.5) is 10.5 Å². The predicted molar refractivity (Wildman–Crippen MR) is 79.9 cm³/mol. The number of anilines is 1. The van der Waals surface area contributed by atoms with Crippen LogP contribution in [-0.4, -0.2) is 40.6 Å². The molecule has 3 rings (SSSR count). The minimum Gasteiger partial charge on any atom is -0.478 e. The molecule has 0 saturated carbocycles. The Bertz CT molecular complexity index is 610. The first-order chi connectivity index (χ1) is 9.90.